The Balaban J connectivity index is 1.51. The molecule has 204 valence electrons. The third kappa shape index (κ3) is 3.75. The summed E-state index contributed by atoms with van der Waals surface area (Å²) in [6.45, 7) is 0. The zero-order valence-electron chi connectivity index (χ0n) is 33.1. The van der Waals surface area contributed by atoms with Crippen LogP contribution in [0.1, 0.15) is 13.7 Å². The molecule has 2 heteroatoms. The van der Waals surface area contributed by atoms with Crippen LogP contribution in [-0.4, -0.2) is 0 Å². The summed E-state index contributed by atoms with van der Waals surface area (Å²) in [7, 11) is 0. The van der Waals surface area contributed by atoms with Crippen molar-refractivity contribution in [1.82, 2.24) is 0 Å². The Morgan fingerprint density at radius 2 is 1.09 bits per heavy atom. The molecular weight excluding hydrogens is 532 g/mol. The SMILES string of the molecule is [2H]c1c([2H])c([2H])c(-c2cccc(-c3ccccc3)c2-c2ccc3c(c2-c2c([2H])c([2H])c([2H])c([2H])c2[2H])-c2c4c(ccc2=N3)=c2ccccc2=N4)c([2H])c1[2H]. The molecule has 0 N–H and O–H groups in total. The number of hydrogen-bond donors (Lipinski definition) is 0. The van der Waals surface area contributed by atoms with Gasteiger partial charge in [-0.05, 0) is 68.8 Å². The van der Waals surface area contributed by atoms with E-state index >= 15 is 0 Å². The first-order valence-electron chi connectivity index (χ1n) is 19.2. The number of benzene rings is 7. The number of nitrogens with zero attached hydrogens (tertiary/aromatic N) is 2. The molecule has 0 aliphatic carbocycles. The lowest BCUT2D eigenvalue weighted by molar-refractivity contribution is 1.36. The Hall–Kier alpha value is -5.86. The van der Waals surface area contributed by atoms with Gasteiger partial charge >= 0.3 is 0 Å². The second kappa shape index (κ2) is 9.86. The monoisotopic (exact) mass is 568 g/mol. The highest BCUT2D eigenvalue weighted by atomic mass is 14.8. The van der Waals surface area contributed by atoms with Crippen LogP contribution in [0.4, 0.5) is 11.4 Å². The Labute approximate surface area is 269 Å². The van der Waals surface area contributed by atoms with Crippen molar-refractivity contribution < 1.29 is 13.7 Å². The van der Waals surface area contributed by atoms with E-state index < -0.39 is 60.4 Å². The first-order valence-corrected chi connectivity index (χ1v) is 14.2. The van der Waals surface area contributed by atoms with Gasteiger partial charge in [-0.25, -0.2) is 9.98 Å². The summed E-state index contributed by atoms with van der Waals surface area (Å²) in [5, 5.41) is 3.18. The van der Waals surface area contributed by atoms with E-state index in [2.05, 4.69) is 0 Å². The van der Waals surface area contributed by atoms with Crippen LogP contribution in [0.25, 0.3) is 55.6 Å². The van der Waals surface area contributed by atoms with E-state index in [1.165, 1.54) is 0 Å². The van der Waals surface area contributed by atoms with Crippen LogP contribution in [0.5, 0.6) is 0 Å². The highest BCUT2D eigenvalue weighted by molar-refractivity contribution is 6.07. The van der Waals surface area contributed by atoms with Crippen molar-refractivity contribution in [3.05, 3.63) is 179 Å². The Bertz CT molecular complexity index is 3000. The van der Waals surface area contributed by atoms with Crippen molar-refractivity contribution in [2.24, 2.45) is 9.98 Å². The van der Waals surface area contributed by atoms with Crippen LogP contribution in [0.3, 0.4) is 0 Å². The molecule has 9 rings (SSSR count). The van der Waals surface area contributed by atoms with Gasteiger partial charge < -0.3 is 0 Å². The second-order valence-electron chi connectivity index (χ2n) is 10.6. The molecule has 0 atom stereocenters. The van der Waals surface area contributed by atoms with Crippen LogP contribution in [-0.2, 0) is 0 Å². The molecule has 0 fully saturated rings. The van der Waals surface area contributed by atoms with Crippen LogP contribution >= 0.6 is 0 Å². The summed E-state index contributed by atoms with van der Waals surface area (Å²) in [5.41, 5.74) is 5.10. The maximum Gasteiger partial charge on any atom is 0.0817 e. The zero-order chi connectivity index (χ0) is 37.7. The molecule has 0 bridgehead atoms. The Morgan fingerprint density at radius 3 is 1.89 bits per heavy atom. The molecule has 0 radical (unpaired) electrons. The fraction of sp³-hybridized carbons (Fsp3) is 0. The van der Waals surface area contributed by atoms with Gasteiger partial charge in [0, 0.05) is 21.6 Å². The fourth-order valence-corrected chi connectivity index (χ4v) is 6.38. The van der Waals surface area contributed by atoms with Crippen LogP contribution in [0.15, 0.2) is 167 Å². The minimum absolute atomic E-state index is 0.0299. The Kier molecular flexibility index (Phi) is 3.74. The van der Waals surface area contributed by atoms with Gasteiger partial charge in [-0.1, -0.05) is 133 Å². The summed E-state index contributed by atoms with van der Waals surface area (Å²) < 4.78 is 87.8. The molecule has 2 aliphatic heterocycles. The second-order valence-corrected chi connectivity index (χ2v) is 10.6. The van der Waals surface area contributed by atoms with Crippen LogP contribution in [0.2, 0.25) is 0 Å². The van der Waals surface area contributed by atoms with E-state index in [-0.39, 0.29) is 11.1 Å². The van der Waals surface area contributed by atoms with Gasteiger partial charge in [0.1, 0.15) is 0 Å². The molecule has 2 heterocycles. The predicted octanol–water partition coefficient (Wildman–Crippen LogP) is 9.84. The third-order valence-electron chi connectivity index (χ3n) is 8.19. The summed E-state index contributed by atoms with van der Waals surface area (Å²) in [4.78, 5) is 10.0. The lowest BCUT2D eigenvalue weighted by Crippen LogP contribution is -2.01. The molecule has 44 heavy (non-hydrogen) atoms. The molecule has 0 spiro atoms. The smallest absolute Gasteiger partial charge is 0.0817 e. The molecular formula is C42H26N2. The van der Waals surface area contributed by atoms with E-state index in [4.69, 9.17) is 21.0 Å². The maximum atomic E-state index is 9.26. The van der Waals surface area contributed by atoms with Crippen molar-refractivity contribution in [3.63, 3.8) is 0 Å². The Morgan fingerprint density at radius 1 is 0.386 bits per heavy atom. The highest BCUT2D eigenvalue weighted by Crippen LogP contribution is 2.52. The number of hydrogen-bond acceptors (Lipinski definition) is 2. The largest absolute Gasteiger partial charge is 0.248 e. The standard InChI is InChI=1S/C42H26N2/c1-4-13-27(14-5-1)30-20-12-21-31(28-15-6-2-7-16-28)39(30)34-24-26-36-40(38(34)29-17-8-3-9-18-29)41-37(43-36)25-23-33-32-19-10-11-22-35(32)44-42(33)41/h1-26H/i1D,3D,4D,5D,8D,9D,13D,14D,17D,18D. The average Bonchev–Trinajstić information content (AvgIpc) is 3.77. The molecule has 0 saturated carbocycles. The van der Waals surface area contributed by atoms with Gasteiger partial charge in [0.05, 0.1) is 35.8 Å². The highest BCUT2D eigenvalue weighted by Gasteiger charge is 2.28. The van der Waals surface area contributed by atoms with Gasteiger partial charge in [-0.15, -0.1) is 0 Å². The van der Waals surface area contributed by atoms with Crippen molar-refractivity contribution in [2.45, 2.75) is 0 Å². The molecule has 0 aromatic heterocycles. The van der Waals surface area contributed by atoms with E-state index in [9.17, 15) is 2.74 Å². The van der Waals surface area contributed by atoms with Gasteiger partial charge in [-0.3, -0.25) is 0 Å². The molecule has 0 saturated heterocycles. The van der Waals surface area contributed by atoms with E-state index in [1.54, 1.807) is 18.2 Å². The molecule has 0 amide bonds. The topological polar surface area (TPSA) is 24.7 Å². The van der Waals surface area contributed by atoms with Gasteiger partial charge in [0.2, 0.25) is 0 Å². The summed E-state index contributed by atoms with van der Waals surface area (Å²) in [6.07, 6.45) is 0. The predicted molar refractivity (Wildman–Crippen MR) is 179 cm³/mol. The summed E-state index contributed by atoms with van der Waals surface area (Å²) in [5.74, 6) is 0. The fourth-order valence-electron chi connectivity index (χ4n) is 6.38. The third-order valence-corrected chi connectivity index (χ3v) is 8.19. The van der Waals surface area contributed by atoms with E-state index in [0.717, 1.165) is 21.4 Å². The first kappa shape index (κ1) is 16.7. The molecule has 7 aromatic carbocycles. The minimum atomic E-state index is -0.538. The van der Waals surface area contributed by atoms with E-state index in [1.807, 2.05) is 78.9 Å². The van der Waals surface area contributed by atoms with E-state index in [0.29, 0.717) is 55.7 Å². The van der Waals surface area contributed by atoms with Crippen LogP contribution < -0.4 is 10.7 Å². The molecule has 7 aromatic rings. The van der Waals surface area contributed by atoms with Gasteiger partial charge in [0.25, 0.3) is 0 Å². The number of fused-ring (bicyclic) bond motifs is 6. The number of para-hydroxylation sites is 1. The quantitative estimate of drug-likeness (QED) is 0.202. The van der Waals surface area contributed by atoms with Gasteiger partial charge in [0.15, 0.2) is 0 Å². The van der Waals surface area contributed by atoms with Crippen molar-refractivity contribution >= 4 is 11.4 Å². The maximum absolute atomic E-state index is 9.26. The summed E-state index contributed by atoms with van der Waals surface area (Å²) in [6, 6.07) is 25.2. The lowest BCUT2D eigenvalue weighted by Gasteiger charge is -2.22. The molecule has 0 unspecified atom stereocenters. The normalized spacial score (nSPS) is 15.2. The van der Waals surface area contributed by atoms with Crippen molar-refractivity contribution in [3.8, 4) is 55.6 Å². The van der Waals surface area contributed by atoms with Crippen LogP contribution in [0, 0.1) is 10.4 Å². The van der Waals surface area contributed by atoms with Crippen molar-refractivity contribution in [2.75, 3.05) is 0 Å². The summed E-state index contributed by atoms with van der Waals surface area (Å²) >= 11 is 0. The molecule has 2 nitrogen and oxygen atoms in total. The van der Waals surface area contributed by atoms with Crippen molar-refractivity contribution in [1.29, 1.82) is 0 Å². The lowest BCUT2D eigenvalue weighted by atomic mass is 9.81. The average molecular weight is 569 g/mol. The van der Waals surface area contributed by atoms with Gasteiger partial charge in [-0.2, -0.15) is 0 Å². The minimum Gasteiger partial charge on any atom is -0.248 e. The first-order chi connectivity index (χ1) is 26.0. The molecule has 2 aliphatic rings. The number of rotatable bonds is 4. The zero-order valence-corrected chi connectivity index (χ0v) is 23.1.